The second kappa shape index (κ2) is 15.5. The van der Waals surface area contributed by atoms with Crippen molar-refractivity contribution in [1.82, 2.24) is 4.31 Å². The van der Waals surface area contributed by atoms with Crippen LogP contribution in [0, 0.1) is 30.1 Å². The fourth-order valence-corrected chi connectivity index (χ4v) is 6.70. The van der Waals surface area contributed by atoms with Gasteiger partial charge in [0.05, 0.1) is 0 Å². The second-order valence-corrected chi connectivity index (χ2v) is 13.6. The molecule has 0 bridgehead atoms. The summed E-state index contributed by atoms with van der Waals surface area (Å²) in [6, 6.07) is 8.57. The van der Waals surface area contributed by atoms with Crippen LogP contribution in [0.3, 0.4) is 0 Å². The van der Waals surface area contributed by atoms with E-state index in [1.807, 2.05) is 5.98 Å². The molecule has 1 aromatic carbocycles. The third-order valence-electron chi connectivity index (χ3n) is 6.89. The van der Waals surface area contributed by atoms with E-state index in [2.05, 4.69) is 99.2 Å². The van der Waals surface area contributed by atoms with Crippen LogP contribution >= 0.6 is 23.3 Å². The molecule has 2 aromatic rings. The Balaban J connectivity index is 1.76. The van der Waals surface area contributed by atoms with Crippen LogP contribution in [0.25, 0.3) is 0 Å². The van der Waals surface area contributed by atoms with Crippen LogP contribution in [0.5, 0.6) is 0 Å². The van der Waals surface area contributed by atoms with Crippen molar-refractivity contribution < 1.29 is 4.79 Å². The number of anilines is 2. The predicted molar refractivity (Wildman–Crippen MR) is 174 cm³/mol. The summed E-state index contributed by atoms with van der Waals surface area (Å²) in [6.07, 6.45) is 8.14. The van der Waals surface area contributed by atoms with Crippen molar-refractivity contribution in [3.63, 3.8) is 0 Å². The number of rotatable bonds is 13. The summed E-state index contributed by atoms with van der Waals surface area (Å²) in [5.74, 6) is 9.27. The summed E-state index contributed by atoms with van der Waals surface area (Å²) in [5, 5.41) is 6.56. The number of amides is 1. The van der Waals surface area contributed by atoms with Gasteiger partial charge in [-0.2, -0.15) is 0 Å². The Hall–Kier alpha value is -2.27. The first-order valence-electron chi connectivity index (χ1n) is 14.2. The first-order chi connectivity index (χ1) is 18.7. The Morgan fingerprint density at radius 3 is 2.67 bits per heavy atom. The Morgan fingerprint density at radius 2 is 2.00 bits per heavy atom. The topological polar surface area (TPSA) is 44.4 Å². The van der Waals surface area contributed by atoms with Gasteiger partial charge in [-0.25, -0.2) is 0 Å². The second-order valence-electron chi connectivity index (χ2n) is 11.2. The summed E-state index contributed by atoms with van der Waals surface area (Å²) in [4.78, 5) is 14.7. The van der Waals surface area contributed by atoms with Crippen molar-refractivity contribution in [2.24, 2.45) is 11.3 Å². The molecule has 1 saturated carbocycles. The number of benzene rings is 1. The molecule has 208 valence electrons. The third-order valence-corrected chi connectivity index (χ3v) is 8.89. The molecule has 0 spiro atoms. The average molecular weight is 562 g/mol. The van der Waals surface area contributed by atoms with Crippen LogP contribution < -0.4 is 10.6 Å². The number of hydrogen-bond acceptors (Lipinski definition) is 5. The molecule has 3 rings (SSSR count). The van der Waals surface area contributed by atoms with E-state index in [9.17, 15) is 4.79 Å². The maximum atomic E-state index is 11.2. The van der Waals surface area contributed by atoms with Gasteiger partial charge >= 0.3 is 225 Å². The van der Waals surface area contributed by atoms with E-state index < -0.39 is 0 Å². The van der Waals surface area contributed by atoms with Gasteiger partial charge in [-0.3, -0.25) is 0 Å². The zero-order valence-electron chi connectivity index (χ0n) is 24.4. The molecule has 1 aromatic heterocycles. The molecule has 4 nitrogen and oxygen atoms in total. The van der Waals surface area contributed by atoms with Crippen LogP contribution in [0.2, 0.25) is 0 Å². The summed E-state index contributed by atoms with van der Waals surface area (Å²) in [6.45, 7) is 19.5. The molecule has 7 heteroatoms. The minimum atomic E-state index is -0.00531. The first-order valence-corrected chi connectivity index (χ1v) is 15.8. The number of aryl methyl sites for hydroxylation is 2. The van der Waals surface area contributed by atoms with Gasteiger partial charge in [-0.05, 0) is 20.8 Å². The minimum absolute atomic E-state index is 0.00531. The zero-order chi connectivity index (χ0) is 28.3. The van der Waals surface area contributed by atoms with E-state index in [-0.39, 0.29) is 5.41 Å². The van der Waals surface area contributed by atoms with Gasteiger partial charge in [0.1, 0.15) is 0 Å². The van der Waals surface area contributed by atoms with Gasteiger partial charge in [0.25, 0.3) is 0 Å². The van der Waals surface area contributed by atoms with E-state index in [0.717, 1.165) is 53.5 Å². The number of hydrogen-bond donors (Lipinski definition) is 2. The van der Waals surface area contributed by atoms with Crippen LogP contribution in [0.15, 0.2) is 41.7 Å². The summed E-state index contributed by atoms with van der Waals surface area (Å²) in [7, 11) is 0. The first kappa shape index (κ1) is 31.3. The summed E-state index contributed by atoms with van der Waals surface area (Å²) in [5.41, 5.74) is 4.67. The molecule has 0 radical (unpaired) electrons. The van der Waals surface area contributed by atoms with Gasteiger partial charge in [-0.15, -0.1) is 0 Å². The quantitative estimate of drug-likeness (QED) is 0.114. The fraction of sp³-hybridized carbons (Fsp3) is 0.500. The summed E-state index contributed by atoms with van der Waals surface area (Å²) < 4.78 is 2.45. The van der Waals surface area contributed by atoms with Crippen molar-refractivity contribution in [1.29, 1.82) is 0 Å². The summed E-state index contributed by atoms with van der Waals surface area (Å²) >= 11 is 3.52. The molecule has 1 aliphatic rings. The monoisotopic (exact) mass is 561 g/mol. The van der Waals surface area contributed by atoms with Crippen LogP contribution in [-0.4, -0.2) is 42.7 Å². The van der Waals surface area contributed by atoms with Gasteiger partial charge in [0.2, 0.25) is 0 Å². The zero-order valence-corrected chi connectivity index (χ0v) is 26.0. The van der Waals surface area contributed by atoms with Gasteiger partial charge in [-0.1, -0.05) is 0 Å². The number of nitrogens with zero attached hydrogens (tertiary/aromatic N) is 1. The van der Waals surface area contributed by atoms with Gasteiger partial charge in [0, 0.05) is 0 Å². The fourth-order valence-electron chi connectivity index (χ4n) is 4.85. The van der Waals surface area contributed by atoms with Crippen molar-refractivity contribution in [3.8, 4) is 11.8 Å². The van der Waals surface area contributed by atoms with Crippen LogP contribution in [-0.2, 0) is 11.2 Å². The van der Waals surface area contributed by atoms with Crippen LogP contribution in [0.4, 0.5) is 11.4 Å². The SMILES string of the molecule is C=CB=C(CN(CCNc1cc(C#CC(C)(C)C)sc1C)Sc1ccc(CC)c(NC=O)c1)C1CCCCC1. The Morgan fingerprint density at radius 1 is 1.23 bits per heavy atom. The Kier molecular flexibility index (Phi) is 12.4. The molecular weight excluding hydrogens is 517 g/mol. The van der Waals surface area contributed by atoms with E-state index in [0.29, 0.717) is 5.92 Å². The van der Waals surface area contributed by atoms with E-state index >= 15 is 0 Å². The average Bonchev–Trinajstić information content (AvgIpc) is 3.27. The van der Waals surface area contributed by atoms with Gasteiger partial charge in [0.15, 0.2) is 0 Å². The van der Waals surface area contributed by atoms with Crippen molar-refractivity contribution >= 4 is 53.5 Å². The normalized spacial score (nSPS) is 14.4. The Labute approximate surface area is 245 Å². The molecular formula is C32H44BN3OS2. The van der Waals surface area contributed by atoms with E-state index in [1.54, 1.807) is 23.3 Å². The molecule has 1 fully saturated rings. The molecule has 0 unspecified atom stereocenters. The van der Waals surface area contributed by atoms with Gasteiger partial charge < -0.3 is 0 Å². The molecule has 0 aliphatic heterocycles. The molecule has 1 heterocycles. The number of carbonyl (C=O) groups excluding carboxylic acids is 1. The standard InChI is InChI=1S/C32H44BN3OS2/c1-7-25-14-15-28(21-31(25)35-23-37)39-36(22-29(33-8-2)26-12-10-9-11-13-26)19-18-34-30-20-27(38-24(30)3)16-17-32(4,5)6/h8,14-15,20-21,23,26,34H,2,7,9-13,18-19,22H2,1,3-6H3,(H,35,37). The predicted octanol–water partition coefficient (Wildman–Crippen LogP) is 7.61. The molecule has 2 N–H and O–H groups in total. The third kappa shape index (κ3) is 10.3. The molecule has 0 atom stereocenters. The number of nitrogens with one attached hydrogen (secondary N) is 2. The molecule has 1 amide bonds. The van der Waals surface area contributed by atoms with E-state index in [1.165, 1.54) is 48.1 Å². The molecule has 0 saturated heterocycles. The number of thiophene rings is 1. The maximum absolute atomic E-state index is 11.2. The van der Waals surface area contributed by atoms with Crippen LogP contribution in [0.1, 0.15) is 75.1 Å². The van der Waals surface area contributed by atoms with Crippen molar-refractivity contribution in [2.45, 2.75) is 78.0 Å². The molecule has 39 heavy (non-hydrogen) atoms. The van der Waals surface area contributed by atoms with E-state index in [4.69, 9.17) is 0 Å². The number of carbonyl (C=O) groups is 1. The Bertz CT molecular complexity index is 1200. The van der Waals surface area contributed by atoms with Crippen molar-refractivity contribution in [2.75, 3.05) is 30.3 Å². The molecule has 1 aliphatic carbocycles. The van der Waals surface area contributed by atoms with Crippen molar-refractivity contribution in [3.05, 3.63) is 52.1 Å².